The van der Waals surface area contributed by atoms with E-state index in [1.165, 1.54) is 6.92 Å². The van der Waals surface area contributed by atoms with Gasteiger partial charge in [0.1, 0.15) is 5.84 Å². The first-order valence-electron chi connectivity index (χ1n) is 7.75. The molecule has 5 nitrogen and oxygen atoms in total. The Labute approximate surface area is 143 Å². The molecule has 0 saturated heterocycles. The standard InChI is InChI=1S/C18H16N4OS/c1-12(23)19-17-11-15(13-7-3-2-4-8-13)22(21-17)18-20-14-9-5-6-10-16(14)24-18/h2-10,15H,11H2,1H3,(H,19,21,23). The lowest BCUT2D eigenvalue weighted by Gasteiger charge is -2.20. The predicted octanol–water partition coefficient (Wildman–Crippen LogP) is 3.70. The molecular formula is C18H16N4OS. The van der Waals surface area contributed by atoms with Crippen LogP contribution < -0.4 is 10.3 Å². The molecule has 0 aliphatic carbocycles. The van der Waals surface area contributed by atoms with E-state index in [4.69, 9.17) is 4.98 Å². The van der Waals surface area contributed by atoms with Crippen LogP contribution in [0.1, 0.15) is 24.9 Å². The molecule has 0 saturated carbocycles. The summed E-state index contributed by atoms with van der Waals surface area (Å²) >= 11 is 1.61. The number of nitrogens with zero attached hydrogens (tertiary/aromatic N) is 3. The fourth-order valence-corrected chi connectivity index (χ4v) is 3.82. The van der Waals surface area contributed by atoms with Gasteiger partial charge in [0.05, 0.1) is 16.3 Å². The first kappa shape index (κ1) is 14.8. The van der Waals surface area contributed by atoms with Crippen molar-refractivity contribution in [3.8, 4) is 0 Å². The van der Waals surface area contributed by atoms with Gasteiger partial charge in [0.25, 0.3) is 0 Å². The maximum atomic E-state index is 11.4. The summed E-state index contributed by atoms with van der Waals surface area (Å²) in [5.41, 5.74) is 2.12. The van der Waals surface area contributed by atoms with Gasteiger partial charge in [-0.2, -0.15) is 5.10 Å². The zero-order chi connectivity index (χ0) is 16.5. The number of fused-ring (bicyclic) bond motifs is 1. The number of hydrogen-bond acceptors (Lipinski definition) is 5. The monoisotopic (exact) mass is 336 g/mol. The number of hydrazone groups is 1. The SMILES string of the molecule is CC(=O)NC1=NN(c2nc3ccccc3s2)C(c2ccccc2)C1. The van der Waals surface area contributed by atoms with E-state index < -0.39 is 0 Å². The van der Waals surface area contributed by atoms with Crippen LogP contribution in [-0.2, 0) is 4.79 Å². The molecule has 6 heteroatoms. The molecule has 4 rings (SSSR count). The fourth-order valence-electron chi connectivity index (χ4n) is 2.86. The number of amidine groups is 1. The van der Waals surface area contributed by atoms with Crippen molar-refractivity contribution in [3.63, 3.8) is 0 Å². The highest BCUT2D eigenvalue weighted by Gasteiger charge is 2.31. The second kappa shape index (κ2) is 6.05. The third-order valence-electron chi connectivity index (χ3n) is 3.89. The summed E-state index contributed by atoms with van der Waals surface area (Å²) < 4.78 is 1.13. The Morgan fingerprint density at radius 2 is 1.92 bits per heavy atom. The van der Waals surface area contributed by atoms with Crippen LogP contribution in [-0.4, -0.2) is 16.7 Å². The van der Waals surface area contributed by atoms with E-state index in [-0.39, 0.29) is 11.9 Å². The quantitative estimate of drug-likeness (QED) is 0.776. The van der Waals surface area contributed by atoms with Crippen molar-refractivity contribution in [1.82, 2.24) is 10.3 Å². The average molecular weight is 336 g/mol. The maximum Gasteiger partial charge on any atom is 0.222 e. The van der Waals surface area contributed by atoms with Crippen LogP contribution in [0.2, 0.25) is 0 Å². The smallest absolute Gasteiger partial charge is 0.222 e. The lowest BCUT2D eigenvalue weighted by molar-refractivity contribution is -0.117. The normalized spacial score (nSPS) is 17.1. The number of amides is 1. The average Bonchev–Trinajstić information content (AvgIpc) is 3.18. The number of hydrogen-bond donors (Lipinski definition) is 1. The Morgan fingerprint density at radius 3 is 2.67 bits per heavy atom. The van der Waals surface area contributed by atoms with Gasteiger partial charge in [0, 0.05) is 13.3 Å². The van der Waals surface area contributed by atoms with E-state index in [0.717, 1.165) is 20.9 Å². The lowest BCUT2D eigenvalue weighted by atomic mass is 10.0. The van der Waals surface area contributed by atoms with Crippen molar-refractivity contribution in [3.05, 3.63) is 60.2 Å². The van der Waals surface area contributed by atoms with Gasteiger partial charge < -0.3 is 5.32 Å². The second-order valence-electron chi connectivity index (χ2n) is 5.67. The Bertz CT molecular complexity index is 886. The number of anilines is 1. The molecule has 1 amide bonds. The lowest BCUT2D eigenvalue weighted by Crippen LogP contribution is -2.26. The van der Waals surface area contributed by atoms with Crippen LogP contribution in [0.4, 0.5) is 5.13 Å². The van der Waals surface area contributed by atoms with Crippen LogP contribution in [0.15, 0.2) is 59.7 Å². The molecule has 1 aromatic heterocycles. The molecule has 1 N–H and O–H groups in total. The Balaban J connectivity index is 1.75. The molecule has 0 spiro atoms. The molecule has 0 fully saturated rings. The van der Waals surface area contributed by atoms with Gasteiger partial charge in [-0.05, 0) is 17.7 Å². The van der Waals surface area contributed by atoms with Gasteiger partial charge in [0.2, 0.25) is 11.0 Å². The third-order valence-corrected chi connectivity index (χ3v) is 4.92. The van der Waals surface area contributed by atoms with Crippen LogP contribution in [0, 0.1) is 0 Å². The molecule has 0 bridgehead atoms. The Hall–Kier alpha value is -2.73. The van der Waals surface area contributed by atoms with Crippen LogP contribution in [0.5, 0.6) is 0 Å². The van der Waals surface area contributed by atoms with Gasteiger partial charge in [-0.3, -0.25) is 4.79 Å². The van der Waals surface area contributed by atoms with Gasteiger partial charge in [-0.1, -0.05) is 53.8 Å². The number of carbonyl (C=O) groups excluding carboxylic acids is 1. The van der Waals surface area contributed by atoms with Gasteiger partial charge in [0.15, 0.2) is 0 Å². The molecule has 1 aliphatic rings. The molecule has 3 aromatic rings. The summed E-state index contributed by atoms with van der Waals surface area (Å²) in [7, 11) is 0. The fraction of sp³-hybridized carbons (Fsp3) is 0.167. The first-order chi connectivity index (χ1) is 11.7. The van der Waals surface area contributed by atoms with E-state index in [1.54, 1.807) is 11.3 Å². The van der Waals surface area contributed by atoms with Crippen molar-refractivity contribution in [2.45, 2.75) is 19.4 Å². The highest BCUT2D eigenvalue weighted by Crippen LogP contribution is 2.38. The summed E-state index contributed by atoms with van der Waals surface area (Å²) in [5.74, 6) is 0.572. The molecule has 120 valence electrons. The Morgan fingerprint density at radius 1 is 1.17 bits per heavy atom. The summed E-state index contributed by atoms with van der Waals surface area (Å²) in [4.78, 5) is 16.1. The van der Waals surface area contributed by atoms with E-state index in [0.29, 0.717) is 12.3 Å². The van der Waals surface area contributed by atoms with Gasteiger partial charge >= 0.3 is 0 Å². The van der Waals surface area contributed by atoms with Crippen molar-refractivity contribution in [1.29, 1.82) is 0 Å². The third kappa shape index (κ3) is 2.76. The maximum absolute atomic E-state index is 11.4. The Kier molecular flexibility index (Phi) is 3.74. The van der Waals surface area contributed by atoms with E-state index in [9.17, 15) is 4.79 Å². The first-order valence-corrected chi connectivity index (χ1v) is 8.57. The number of para-hydroxylation sites is 1. The summed E-state index contributed by atoms with van der Waals surface area (Å²) in [6.45, 7) is 1.50. The van der Waals surface area contributed by atoms with Crippen molar-refractivity contribution in [2.24, 2.45) is 5.10 Å². The highest BCUT2D eigenvalue weighted by molar-refractivity contribution is 7.22. The molecule has 1 atom stereocenters. The van der Waals surface area contributed by atoms with Crippen LogP contribution in [0.25, 0.3) is 10.2 Å². The summed E-state index contributed by atoms with van der Waals surface area (Å²) in [5, 5.41) is 10.2. The molecule has 24 heavy (non-hydrogen) atoms. The van der Waals surface area contributed by atoms with E-state index in [1.807, 2.05) is 41.4 Å². The minimum atomic E-state index is -0.105. The molecule has 2 heterocycles. The second-order valence-corrected chi connectivity index (χ2v) is 6.68. The largest absolute Gasteiger partial charge is 0.313 e. The van der Waals surface area contributed by atoms with Crippen molar-refractivity contribution in [2.75, 3.05) is 5.01 Å². The summed E-state index contributed by atoms with van der Waals surface area (Å²) in [6, 6.07) is 18.3. The molecule has 1 unspecified atom stereocenters. The van der Waals surface area contributed by atoms with Crippen LogP contribution in [0.3, 0.4) is 0 Å². The molecular weight excluding hydrogens is 320 g/mol. The predicted molar refractivity (Wildman–Crippen MR) is 97.2 cm³/mol. The zero-order valence-corrected chi connectivity index (χ0v) is 14.0. The van der Waals surface area contributed by atoms with Gasteiger partial charge in [-0.15, -0.1) is 0 Å². The number of aromatic nitrogens is 1. The zero-order valence-electron chi connectivity index (χ0n) is 13.1. The highest BCUT2D eigenvalue weighted by atomic mass is 32.1. The summed E-state index contributed by atoms with van der Waals surface area (Å²) in [6.07, 6.45) is 0.652. The molecule has 1 aliphatic heterocycles. The van der Waals surface area contributed by atoms with E-state index >= 15 is 0 Å². The minimum Gasteiger partial charge on any atom is -0.313 e. The number of benzene rings is 2. The molecule has 0 radical (unpaired) electrons. The number of rotatable bonds is 2. The topological polar surface area (TPSA) is 57.6 Å². The number of nitrogens with one attached hydrogen (secondary N) is 1. The minimum absolute atomic E-state index is 0.0358. The van der Waals surface area contributed by atoms with Crippen LogP contribution >= 0.6 is 11.3 Å². The van der Waals surface area contributed by atoms with Crippen molar-refractivity contribution < 1.29 is 4.79 Å². The van der Waals surface area contributed by atoms with Crippen molar-refractivity contribution >= 4 is 38.4 Å². The number of thiazole rings is 1. The van der Waals surface area contributed by atoms with Gasteiger partial charge in [-0.25, -0.2) is 9.99 Å². The number of carbonyl (C=O) groups is 1. The van der Waals surface area contributed by atoms with E-state index in [2.05, 4.69) is 28.6 Å². The molecule has 2 aromatic carbocycles.